The molecule has 1 aliphatic carbocycles. The van der Waals surface area contributed by atoms with E-state index in [1.165, 1.54) is 6.42 Å². The Hall–Kier alpha value is -1.69. The molecule has 1 saturated carbocycles. The lowest BCUT2D eigenvalue weighted by Gasteiger charge is -2.26. The number of nitrogens with zero attached hydrogens (tertiary/aromatic N) is 3. The topological polar surface area (TPSA) is 71.3 Å². The summed E-state index contributed by atoms with van der Waals surface area (Å²) in [5.74, 6) is 0.547. The van der Waals surface area contributed by atoms with E-state index >= 15 is 0 Å². The van der Waals surface area contributed by atoms with Crippen LogP contribution in [0.1, 0.15) is 31.2 Å². The maximum atomic E-state index is 11.4. The Bertz CT molecular complexity index is 510. The first-order chi connectivity index (χ1) is 9.66. The van der Waals surface area contributed by atoms with Crippen LogP contribution in [-0.2, 0) is 0 Å². The molecular formula is C14H20N4O2. The van der Waals surface area contributed by atoms with Gasteiger partial charge in [-0.25, -0.2) is 4.98 Å². The Labute approximate surface area is 118 Å². The van der Waals surface area contributed by atoms with Gasteiger partial charge in [0, 0.05) is 30.4 Å². The molecule has 1 aromatic rings. The number of aromatic nitrogens is 1. The van der Waals surface area contributed by atoms with E-state index in [-0.39, 0.29) is 10.6 Å². The fraction of sp³-hybridized carbons (Fsp3) is 0.643. The highest BCUT2D eigenvalue weighted by Gasteiger charge is 2.36. The van der Waals surface area contributed by atoms with Crippen LogP contribution in [-0.4, -0.2) is 35.1 Å². The maximum Gasteiger partial charge on any atom is 0.314 e. The first-order valence-electron chi connectivity index (χ1n) is 7.27. The predicted molar refractivity (Wildman–Crippen MR) is 77.0 cm³/mol. The summed E-state index contributed by atoms with van der Waals surface area (Å²) in [7, 11) is 0. The molecule has 2 fully saturated rings. The van der Waals surface area contributed by atoms with E-state index in [1.54, 1.807) is 19.2 Å². The van der Waals surface area contributed by atoms with Gasteiger partial charge in [0.1, 0.15) is 0 Å². The van der Waals surface area contributed by atoms with Gasteiger partial charge in [-0.1, -0.05) is 0 Å². The Kier molecular flexibility index (Phi) is 3.56. The zero-order valence-electron chi connectivity index (χ0n) is 11.7. The predicted octanol–water partition coefficient (Wildman–Crippen LogP) is 2.02. The van der Waals surface area contributed by atoms with Crippen LogP contribution in [0.5, 0.6) is 0 Å². The van der Waals surface area contributed by atoms with Crippen LogP contribution in [0.2, 0.25) is 0 Å². The molecule has 6 heteroatoms. The molecule has 1 atom stereocenters. The highest BCUT2D eigenvalue weighted by atomic mass is 16.6. The number of anilines is 1. The van der Waals surface area contributed by atoms with E-state index in [0.29, 0.717) is 23.5 Å². The molecule has 1 N–H and O–H groups in total. The average Bonchev–Trinajstić information content (AvgIpc) is 3.12. The first-order valence-corrected chi connectivity index (χ1v) is 7.27. The van der Waals surface area contributed by atoms with Gasteiger partial charge in [-0.15, -0.1) is 0 Å². The molecule has 0 aromatic carbocycles. The van der Waals surface area contributed by atoms with Gasteiger partial charge in [0.2, 0.25) is 5.82 Å². The summed E-state index contributed by atoms with van der Waals surface area (Å²) in [5.41, 5.74) is 0.849. The minimum atomic E-state index is -0.297. The lowest BCUT2D eigenvalue weighted by molar-refractivity contribution is -0.384. The minimum absolute atomic E-state index is 0.164. The van der Waals surface area contributed by atoms with Gasteiger partial charge in [-0.2, -0.15) is 0 Å². The van der Waals surface area contributed by atoms with Crippen molar-refractivity contribution in [3.05, 3.63) is 27.9 Å². The highest BCUT2D eigenvalue weighted by molar-refractivity contribution is 5.62. The molecule has 2 heterocycles. The van der Waals surface area contributed by atoms with E-state index in [2.05, 4.69) is 15.2 Å². The van der Waals surface area contributed by atoms with Crippen molar-refractivity contribution in [2.24, 2.45) is 0 Å². The van der Waals surface area contributed by atoms with E-state index in [9.17, 15) is 10.1 Å². The molecule has 2 aliphatic rings. The van der Waals surface area contributed by atoms with Crippen molar-refractivity contribution in [3.63, 3.8) is 0 Å². The van der Waals surface area contributed by atoms with Crippen LogP contribution in [0, 0.1) is 17.0 Å². The quantitative estimate of drug-likeness (QED) is 0.658. The monoisotopic (exact) mass is 276 g/mol. The van der Waals surface area contributed by atoms with Gasteiger partial charge >= 0.3 is 5.69 Å². The van der Waals surface area contributed by atoms with Gasteiger partial charge in [-0.05, 0) is 45.2 Å². The summed E-state index contributed by atoms with van der Waals surface area (Å²) in [6, 6.07) is 2.56. The second-order valence-electron chi connectivity index (χ2n) is 5.73. The summed E-state index contributed by atoms with van der Waals surface area (Å²) in [4.78, 5) is 17.5. The summed E-state index contributed by atoms with van der Waals surface area (Å²) in [5, 5.41) is 14.8. The second-order valence-corrected chi connectivity index (χ2v) is 5.73. The molecule has 1 saturated heterocycles. The van der Waals surface area contributed by atoms with Crippen LogP contribution in [0.25, 0.3) is 0 Å². The molecule has 1 unspecified atom stereocenters. The van der Waals surface area contributed by atoms with Crippen molar-refractivity contribution >= 4 is 11.5 Å². The third kappa shape index (κ3) is 2.60. The van der Waals surface area contributed by atoms with Gasteiger partial charge in [-0.3, -0.25) is 10.1 Å². The van der Waals surface area contributed by atoms with E-state index in [0.717, 1.165) is 32.4 Å². The Morgan fingerprint density at radius 1 is 1.50 bits per heavy atom. The van der Waals surface area contributed by atoms with Gasteiger partial charge < -0.3 is 10.2 Å². The third-order valence-corrected chi connectivity index (χ3v) is 4.13. The Balaban J connectivity index is 1.90. The fourth-order valence-corrected chi connectivity index (χ4v) is 2.92. The van der Waals surface area contributed by atoms with Gasteiger partial charge in [0.15, 0.2) is 0 Å². The lowest BCUT2D eigenvalue weighted by Crippen LogP contribution is -2.39. The van der Waals surface area contributed by atoms with Crippen LogP contribution in [0.15, 0.2) is 12.3 Å². The number of hydrogen-bond donors (Lipinski definition) is 1. The van der Waals surface area contributed by atoms with Gasteiger partial charge in [0.25, 0.3) is 0 Å². The highest BCUT2D eigenvalue weighted by Crippen LogP contribution is 2.37. The molecule has 0 spiro atoms. The zero-order chi connectivity index (χ0) is 14.1. The summed E-state index contributed by atoms with van der Waals surface area (Å²) < 4.78 is 0. The third-order valence-electron chi connectivity index (χ3n) is 4.13. The average molecular weight is 276 g/mol. The zero-order valence-corrected chi connectivity index (χ0v) is 11.7. The van der Waals surface area contributed by atoms with Crippen LogP contribution in [0.4, 0.5) is 11.5 Å². The second kappa shape index (κ2) is 5.36. The van der Waals surface area contributed by atoms with Crippen molar-refractivity contribution < 1.29 is 4.92 Å². The molecule has 0 radical (unpaired) electrons. The van der Waals surface area contributed by atoms with Crippen molar-refractivity contribution in [1.82, 2.24) is 10.3 Å². The summed E-state index contributed by atoms with van der Waals surface area (Å²) in [6.07, 6.45) is 6.23. The molecule has 0 bridgehead atoms. The van der Waals surface area contributed by atoms with Crippen LogP contribution in [0.3, 0.4) is 0 Å². The number of pyridine rings is 1. The maximum absolute atomic E-state index is 11.4. The molecule has 20 heavy (non-hydrogen) atoms. The number of rotatable bonds is 5. The standard InChI is InChI=1S/C14H20N4O2/c1-10-6-8-16-14(13(10)18(19)20)17(12-4-5-12)9-11-3-2-7-15-11/h6,8,11-12,15H,2-5,7,9H2,1H3. The number of nitro groups is 1. The number of aryl methyl sites for hydroxylation is 1. The van der Waals surface area contributed by atoms with E-state index in [1.807, 2.05) is 0 Å². The van der Waals surface area contributed by atoms with Crippen LogP contribution >= 0.6 is 0 Å². The fourth-order valence-electron chi connectivity index (χ4n) is 2.92. The molecule has 108 valence electrons. The smallest absolute Gasteiger partial charge is 0.314 e. The van der Waals surface area contributed by atoms with E-state index in [4.69, 9.17) is 0 Å². The van der Waals surface area contributed by atoms with E-state index < -0.39 is 0 Å². The molecule has 3 rings (SSSR count). The largest absolute Gasteiger partial charge is 0.346 e. The first kappa shape index (κ1) is 13.3. The number of nitrogens with one attached hydrogen (secondary N) is 1. The SMILES string of the molecule is Cc1ccnc(N(CC2CCCN2)C2CC2)c1[N+](=O)[O-]. The molecule has 0 amide bonds. The normalized spacial score (nSPS) is 21.9. The van der Waals surface area contributed by atoms with Crippen molar-refractivity contribution in [2.45, 2.75) is 44.7 Å². The molecular weight excluding hydrogens is 256 g/mol. The van der Waals surface area contributed by atoms with Gasteiger partial charge in [0.05, 0.1) is 4.92 Å². The van der Waals surface area contributed by atoms with Crippen molar-refractivity contribution in [3.8, 4) is 0 Å². The molecule has 1 aliphatic heterocycles. The molecule has 1 aromatic heterocycles. The molecule has 6 nitrogen and oxygen atoms in total. The number of hydrogen-bond acceptors (Lipinski definition) is 5. The minimum Gasteiger partial charge on any atom is -0.346 e. The Morgan fingerprint density at radius 2 is 2.30 bits per heavy atom. The van der Waals surface area contributed by atoms with Crippen LogP contribution < -0.4 is 10.2 Å². The lowest BCUT2D eigenvalue weighted by atomic mass is 10.2. The summed E-state index contributed by atoms with van der Waals surface area (Å²) >= 11 is 0. The Morgan fingerprint density at radius 3 is 2.90 bits per heavy atom. The van der Waals surface area contributed by atoms with Crippen molar-refractivity contribution in [2.75, 3.05) is 18.0 Å². The summed E-state index contributed by atoms with van der Waals surface area (Å²) in [6.45, 7) is 3.65. The van der Waals surface area contributed by atoms with Crippen molar-refractivity contribution in [1.29, 1.82) is 0 Å².